The fraction of sp³-hybridized carbons (Fsp3) is 0.526. The van der Waals surface area contributed by atoms with Gasteiger partial charge in [-0.25, -0.2) is 0 Å². The fourth-order valence-corrected chi connectivity index (χ4v) is 3.17. The molecule has 0 saturated carbocycles. The maximum absolute atomic E-state index is 12.3. The summed E-state index contributed by atoms with van der Waals surface area (Å²) in [5.74, 6) is 0.831. The van der Waals surface area contributed by atoms with Crippen LogP contribution in [0.3, 0.4) is 0 Å². The van der Waals surface area contributed by atoms with E-state index in [0.29, 0.717) is 6.54 Å². The van der Waals surface area contributed by atoms with Crippen molar-refractivity contribution in [2.45, 2.75) is 13.0 Å². The maximum atomic E-state index is 12.3. The van der Waals surface area contributed by atoms with Crippen LogP contribution in [-0.2, 0) is 9.53 Å². The molecule has 2 heterocycles. The first-order chi connectivity index (χ1) is 12.2. The molecule has 6 nitrogen and oxygen atoms in total. The van der Waals surface area contributed by atoms with Gasteiger partial charge in [-0.05, 0) is 19.1 Å². The lowest BCUT2D eigenvalue weighted by Crippen LogP contribution is -2.50. The van der Waals surface area contributed by atoms with Crippen LogP contribution in [0.2, 0.25) is 0 Å². The predicted octanol–water partition coefficient (Wildman–Crippen LogP) is 1.87. The molecular weight excluding hydrogens is 318 g/mol. The lowest BCUT2D eigenvalue weighted by molar-refractivity contribution is -0.123. The molecule has 1 aromatic heterocycles. The van der Waals surface area contributed by atoms with Crippen molar-refractivity contribution in [3.8, 4) is 0 Å². The summed E-state index contributed by atoms with van der Waals surface area (Å²) in [5, 5.41) is 4.10. The molecule has 1 fully saturated rings. The topological polar surface area (TPSA) is 58.0 Å². The Kier molecular flexibility index (Phi) is 6.07. The first-order valence-electron chi connectivity index (χ1n) is 8.87. The average molecular weight is 345 g/mol. The van der Waals surface area contributed by atoms with E-state index in [4.69, 9.17) is 9.15 Å². The number of nitrogens with one attached hydrogen (secondary N) is 1. The highest BCUT2D eigenvalue weighted by Gasteiger charge is 2.20. The highest BCUT2D eigenvalue weighted by atomic mass is 16.5. The van der Waals surface area contributed by atoms with Gasteiger partial charge in [0.2, 0.25) is 5.91 Å². The third-order valence-electron chi connectivity index (χ3n) is 4.69. The van der Waals surface area contributed by atoms with E-state index in [1.807, 2.05) is 37.3 Å². The van der Waals surface area contributed by atoms with E-state index in [0.717, 1.165) is 56.1 Å². The molecule has 1 atom stereocenters. The van der Waals surface area contributed by atoms with Crippen molar-refractivity contribution in [2.24, 2.45) is 0 Å². The number of amides is 1. The molecule has 6 heteroatoms. The molecule has 2 aromatic rings. The van der Waals surface area contributed by atoms with Crippen LogP contribution < -0.4 is 5.32 Å². The monoisotopic (exact) mass is 345 g/mol. The molecule has 1 aromatic carbocycles. The van der Waals surface area contributed by atoms with Crippen LogP contribution in [0.15, 0.2) is 34.7 Å². The third-order valence-corrected chi connectivity index (χ3v) is 4.69. The number of hydrogen-bond acceptors (Lipinski definition) is 5. The average Bonchev–Trinajstić information content (AvgIpc) is 3.05. The quantitative estimate of drug-likeness (QED) is 0.830. The number of ether oxygens (including phenoxy) is 1. The number of carbonyl (C=O) groups excluding carboxylic acids is 1. The Morgan fingerprint density at radius 2 is 1.96 bits per heavy atom. The summed E-state index contributed by atoms with van der Waals surface area (Å²) >= 11 is 0. The predicted molar refractivity (Wildman–Crippen MR) is 97.5 cm³/mol. The molecule has 1 aliphatic rings. The van der Waals surface area contributed by atoms with Gasteiger partial charge in [-0.1, -0.05) is 18.2 Å². The van der Waals surface area contributed by atoms with E-state index in [-0.39, 0.29) is 11.9 Å². The van der Waals surface area contributed by atoms with Gasteiger partial charge in [-0.15, -0.1) is 0 Å². The molecule has 3 rings (SSSR count). The van der Waals surface area contributed by atoms with Gasteiger partial charge in [0.25, 0.3) is 0 Å². The molecule has 0 spiro atoms. The van der Waals surface area contributed by atoms with Crippen molar-refractivity contribution < 1.29 is 13.9 Å². The van der Waals surface area contributed by atoms with E-state index in [2.05, 4.69) is 15.1 Å². The zero-order valence-corrected chi connectivity index (χ0v) is 15.0. The molecule has 136 valence electrons. The van der Waals surface area contributed by atoms with Crippen LogP contribution >= 0.6 is 0 Å². The van der Waals surface area contributed by atoms with Crippen LogP contribution in [0.25, 0.3) is 11.0 Å². The minimum Gasteiger partial charge on any atom is -0.459 e. The Morgan fingerprint density at radius 3 is 2.68 bits per heavy atom. The zero-order chi connectivity index (χ0) is 17.6. The van der Waals surface area contributed by atoms with Crippen molar-refractivity contribution >= 4 is 16.9 Å². The third kappa shape index (κ3) is 4.81. The highest BCUT2D eigenvalue weighted by molar-refractivity contribution is 5.80. The first-order valence-corrected chi connectivity index (χ1v) is 8.87. The fourth-order valence-electron chi connectivity index (χ4n) is 3.17. The van der Waals surface area contributed by atoms with Gasteiger partial charge in [0, 0.05) is 45.2 Å². The minimum atomic E-state index is -0.136. The smallest absolute Gasteiger partial charge is 0.234 e. The van der Waals surface area contributed by atoms with Crippen molar-refractivity contribution in [1.82, 2.24) is 15.1 Å². The Balaban J connectivity index is 1.46. The number of furan rings is 1. The minimum absolute atomic E-state index is 0.0401. The Hall–Kier alpha value is -1.89. The summed E-state index contributed by atoms with van der Waals surface area (Å²) < 4.78 is 10.9. The number of fused-ring (bicyclic) bond motifs is 1. The van der Waals surface area contributed by atoms with E-state index < -0.39 is 0 Å². The van der Waals surface area contributed by atoms with Crippen LogP contribution in [0, 0.1) is 0 Å². The summed E-state index contributed by atoms with van der Waals surface area (Å²) in [6.45, 7) is 7.90. The number of methoxy groups -OCH3 is 1. The molecule has 0 radical (unpaired) electrons. The van der Waals surface area contributed by atoms with E-state index in [1.165, 1.54) is 0 Å². The van der Waals surface area contributed by atoms with Crippen molar-refractivity contribution in [2.75, 3.05) is 53.0 Å². The zero-order valence-electron chi connectivity index (χ0n) is 15.0. The lowest BCUT2D eigenvalue weighted by atomic mass is 10.2. The molecule has 0 aliphatic carbocycles. The Bertz CT molecular complexity index is 659. The van der Waals surface area contributed by atoms with Gasteiger partial charge in [0.15, 0.2) is 0 Å². The number of benzene rings is 1. The molecule has 0 unspecified atom stereocenters. The second kappa shape index (κ2) is 8.47. The normalized spacial score (nSPS) is 17.7. The van der Waals surface area contributed by atoms with Crippen molar-refractivity contribution in [3.63, 3.8) is 0 Å². The molecule has 1 N–H and O–H groups in total. The molecule has 1 saturated heterocycles. The van der Waals surface area contributed by atoms with Crippen molar-refractivity contribution in [1.29, 1.82) is 0 Å². The van der Waals surface area contributed by atoms with E-state index in [9.17, 15) is 4.79 Å². The molecule has 25 heavy (non-hydrogen) atoms. The first kappa shape index (κ1) is 17.9. The van der Waals surface area contributed by atoms with Crippen LogP contribution in [0.5, 0.6) is 0 Å². The van der Waals surface area contributed by atoms with Crippen molar-refractivity contribution in [3.05, 3.63) is 36.1 Å². The number of nitrogens with zero attached hydrogens (tertiary/aromatic N) is 2. The SMILES string of the molecule is COCCN1CCN(CC(=O)N[C@H](C)c2cc3ccccc3o2)CC1. The van der Waals surface area contributed by atoms with Gasteiger partial charge in [0.1, 0.15) is 11.3 Å². The summed E-state index contributed by atoms with van der Waals surface area (Å²) in [6.07, 6.45) is 0. The Labute approximate surface area is 148 Å². The molecular formula is C19H27N3O3. The van der Waals surface area contributed by atoms with Crippen LogP contribution in [0.4, 0.5) is 0 Å². The van der Waals surface area contributed by atoms with Gasteiger partial charge in [-0.3, -0.25) is 14.6 Å². The summed E-state index contributed by atoms with van der Waals surface area (Å²) in [5.41, 5.74) is 0.853. The van der Waals surface area contributed by atoms with E-state index in [1.54, 1.807) is 7.11 Å². The number of rotatable bonds is 7. The number of para-hydroxylation sites is 1. The number of piperazine rings is 1. The summed E-state index contributed by atoms with van der Waals surface area (Å²) in [7, 11) is 1.73. The second-order valence-corrected chi connectivity index (χ2v) is 6.59. The lowest BCUT2D eigenvalue weighted by Gasteiger charge is -2.34. The van der Waals surface area contributed by atoms with Gasteiger partial charge < -0.3 is 14.5 Å². The Morgan fingerprint density at radius 1 is 1.24 bits per heavy atom. The molecule has 0 bridgehead atoms. The van der Waals surface area contributed by atoms with Crippen LogP contribution in [0.1, 0.15) is 18.7 Å². The number of hydrogen-bond donors (Lipinski definition) is 1. The highest BCUT2D eigenvalue weighted by Crippen LogP contribution is 2.23. The van der Waals surface area contributed by atoms with Gasteiger partial charge in [-0.2, -0.15) is 0 Å². The second-order valence-electron chi connectivity index (χ2n) is 6.59. The standard InChI is InChI=1S/C19H27N3O3/c1-15(18-13-16-5-3-4-6-17(16)25-18)20-19(23)14-22-9-7-21(8-10-22)11-12-24-2/h3-6,13,15H,7-12,14H2,1-2H3,(H,20,23)/t15-/m1/s1. The van der Waals surface area contributed by atoms with Gasteiger partial charge >= 0.3 is 0 Å². The largest absolute Gasteiger partial charge is 0.459 e. The maximum Gasteiger partial charge on any atom is 0.234 e. The summed E-state index contributed by atoms with van der Waals surface area (Å²) in [6, 6.07) is 9.75. The van der Waals surface area contributed by atoms with E-state index >= 15 is 0 Å². The van der Waals surface area contributed by atoms with Gasteiger partial charge in [0.05, 0.1) is 19.2 Å². The van der Waals surface area contributed by atoms with Crippen LogP contribution in [-0.4, -0.2) is 68.7 Å². The molecule has 1 amide bonds. The molecule has 1 aliphatic heterocycles. The summed E-state index contributed by atoms with van der Waals surface area (Å²) in [4.78, 5) is 16.9. The number of carbonyl (C=O) groups is 1.